The van der Waals surface area contributed by atoms with Gasteiger partial charge in [-0.25, -0.2) is 13.4 Å². The molecule has 7 nitrogen and oxygen atoms in total. The van der Waals surface area contributed by atoms with Gasteiger partial charge < -0.3 is 5.32 Å². The highest BCUT2D eigenvalue weighted by Crippen LogP contribution is 2.30. The van der Waals surface area contributed by atoms with E-state index in [-0.39, 0.29) is 23.1 Å². The summed E-state index contributed by atoms with van der Waals surface area (Å²) in [4.78, 5) is 30.0. The van der Waals surface area contributed by atoms with Crippen molar-refractivity contribution in [2.75, 3.05) is 11.9 Å². The molecule has 0 spiro atoms. The standard InChI is InChI=1S/C21H21N3O4S3/c1-14(25)15-7-9-16(10-8-15)31(27,28)24-11-3-2-5-18(24)20(26)23-21-22-17(13-30-21)19-6-4-12-29-19/h4,6-10,12-13,18H,2-3,5,11H2,1H3,(H,22,23,26). The molecule has 31 heavy (non-hydrogen) atoms. The number of anilines is 1. The number of nitrogens with zero attached hydrogens (tertiary/aromatic N) is 2. The molecule has 3 heterocycles. The molecule has 1 atom stereocenters. The van der Waals surface area contributed by atoms with E-state index in [1.54, 1.807) is 11.3 Å². The molecule has 1 aliphatic heterocycles. The molecule has 3 aromatic rings. The molecule has 1 aromatic carbocycles. The number of Topliss-reactive ketones (excluding diaryl/α,β-unsaturated/α-hetero) is 1. The van der Waals surface area contributed by atoms with E-state index in [2.05, 4.69) is 10.3 Å². The Morgan fingerprint density at radius 2 is 1.90 bits per heavy atom. The molecule has 1 unspecified atom stereocenters. The SMILES string of the molecule is CC(=O)c1ccc(S(=O)(=O)N2CCCCC2C(=O)Nc2nc(-c3cccs3)cs2)cc1. The second-order valence-electron chi connectivity index (χ2n) is 7.21. The summed E-state index contributed by atoms with van der Waals surface area (Å²) in [5.74, 6) is -0.514. The third-order valence-corrected chi connectivity index (χ3v) is 8.70. The third-order valence-electron chi connectivity index (χ3n) is 5.13. The zero-order valence-electron chi connectivity index (χ0n) is 16.8. The topological polar surface area (TPSA) is 96.4 Å². The Morgan fingerprint density at radius 3 is 2.58 bits per heavy atom. The number of ketones is 1. The molecule has 1 N–H and O–H groups in total. The van der Waals surface area contributed by atoms with Gasteiger partial charge in [0.15, 0.2) is 10.9 Å². The van der Waals surface area contributed by atoms with Crippen LogP contribution in [0.15, 0.2) is 52.1 Å². The second kappa shape index (κ2) is 8.99. The summed E-state index contributed by atoms with van der Waals surface area (Å²) in [7, 11) is -3.88. The van der Waals surface area contributed by atoms with Crippen LogP contribution >= 0.6 is 22.7 Å². The molecule has 0 radical (unpaired) electrons. The lowest BCUT2D eigenvalue weighted by molar-refractivity contribution is -0.120. The largest absolute Gasteiger partial charge is 0.301 e. The van der Waals surface area contributed by atoms with Gasteiger partial charge in [-0.05, 0) is 43.3 Å². The van der Waals surface area contributed by atoms with Crippen LogP contribution in [0.5, 0.6) is 0 Å². The Balaban J connectivity index is 1.54. The minimum Gasteiger partial charge on any atom is -0.301 e. The van der Waals surface area contributed by atoms with Crippen LogP contribution in [0.3, 0.4) is 0 Å². The summed E-state index contributed by atoms with van der Waals surface area (Å²) in [5.41, 5.74) is 1.23. The van der Waals surface area contributed by atoms with Crippen LogP contribution in [0.2, 0.25) is 0 Å². The number of nitrogens with one attached hydrogen (secondary N) is 1. The first-order valence-electron chi connectivity index (χ1n) is 9.79. The van der Waals surface area contributed by atoms with Gasteiger partial charge >= 0.3 is 0 Å². The van der Waals surface area contributed by atoms with E-state index in [1.807, 2.05) is 22.9 Å². The summed E-state index contributed by atoms with van der Waals surface area (Å²) in [5, 5.41) is 7.07. The van der Waals surface area contributed by atoms with Gasteiger partial charge in [-0.15, -0.1) is 22.7 Å². The first kappa shape index (κ1) is 21.8. The van der Waals surface area contributed by atoms with Crippen LogP contribution in [-0.4, -0.2) is 42.0 Å². The number of hydrogen-bond acceptors (Lipinski definition) is 7. The van der Waals surface area contributed by atoms with Gasteiger partial charge in [-0.2, -0.15) is 4.31 Å². The number of piperidine rings is 1. The summed E-state index contributed by atoms with van der Waals surface area (Å²) in [6.07, 6.45) is 1.90. The maximum absolute atomic E-state index is 13.2. The molecule has 0 bridgehead atoms. The molecular weight excluding hydrogens is 454 g/mol. The smallest absolute Gasteiger partial charge is 0.244 e. The highest BCUT2D eigenvalue weighted by molar-refractivity contribution is 7.89. The highest BCUT2D eigenvalue weighted by atomic mass is 32.2. The Labute approximate surface area is 188 Å². The van der Waals surface area contributed by atoms with Gasteiger partial charge in [-0.3, -0.25) is 9.59 Å². The van der Waals surface area contributed by atoms with Crippen molar-refractivity contribution < 1.29 is 18.0 Å². The fourth-order valence-electron chi connectivity index (χ4n) is 3.51. The predicted molar refractivity (Wildman–Crippen MR) is 122 cm³/mol. The molecule has 0 aliphatic carbocycles. The zero-order valence-corrected chi connectivity index (χ0v) is 19.2. The molecule has 1 amide bonds. The summed E-state index contributed by atoms with van der Waals surface area (Å²) >= 11 is 2.88. The normalized spacial score (nSPS) is 17.4. The first-order chi connectivity index (χ1) is 14.9. The van der Waals surface area contributed by atoms with Crippen LogP contribution in [0.4, 0.5) is 5.13 Å². The van der Waals surface area contributed by atoms with Crippen molar-refractivity contribution in [3.8, 4) is 10.6 Å². The lowest BCUT2D eigenvalue weighted by Gasteiger charge is -2.33. The highest BCUT2D eigenvalue weighted by Gasteiger charge is 2.38. The zero-order chi connectivity index (χ0) is 22.0. The molecule has 0 saturated carbocycles. The van der Waals surface area contributed by atoms with Crippen molar-refractivity contribution in [2.24, 2.45) is 0 Å². The van der Waals surface area contributed by atoms with Crippen LogP contribution < -0.4 is 5.32 Å². The number of rotatable bonds is 6. The number of thiophene rings is 1. The number of carbonyl (C=O) groups excluding carboxylic acids is 2. The average Bonchev–Trinajstić information content (AvgIpc) is 3.46. The van der Waals surface area contributed by atoms with E-state index < -0.39 is 16.1 Å². The van der Waals surface area contributed by atoms with Gasteiger partial charge in [0.25, 0.3) is 0 Å². The number of thiazole rings is 1. The summed E-state index contributed by atoms with van der Waals surface area (Å²) in [6, 6.07) is 8.92. The fraction of sp³-hybridized carbons (Fsp3) is 0.286. The van der Waals surface area contributed by atoms with Crippen LogP contribution in [0.1, 0.15) is 36.5 Å². The van der Waals surface area contributed by atoms with Gasteiger partial charge in [0.2, 0.25) is 15.9 Å². The fourth-order valence-corrected chi connectivity index (χ4v) is 6.64. The molecule has 1 aliphatic rings. The van der Waals surface area contributed by atoms with Crippen LogP contribution in [0, 0.1) is 0 Å². The number of aromatic nitrogens is 1. The number of sulfonamides is 1. The van der Waals surface area contributed by atoms with E-state index in [4.69, 9.17) is 0 Å². The molecule has 162 valence electrons. The van der Waals surface area contributed by atoms with E-state index >= 15 is 0 Å². The van der Waals surface area contributed by atoms with Crippen molar-refractivity contribution >= 4 is 49.5 Å². The number of hydrogen-bond donors (Lipinski definition) is 1. The minimum absolute atomic E-state index is 0.0754. The molecule has 1 fully saturated rings. The maximum atomic E-state index is 13.2. The van der Waals surface area contributed by atoms with Gasteiger partial charge in [-0.1, -0.05) is 24.6 Å². The van der Waals surface area contributed by atoms with Crippen molar-refractivity contribution in [2.45, 2.75) is 37.1 Å². The lowest BCUT2D eigenvalue weighted by Crippen LogP contribution is -2.49. The number of carbonyl (C=O) groups is 2. The second-order valence-corrected chi connectivity index (χ2v) is 10.9. The van der Waals surface area contributed by atoms with Crippen molar-refractivity contribution in [1.29, 1.82) is 0 Å². The van der Waals surface area contributed by atoms with E-state index in [0.717, 1.165) is 17.0 Å². The number of benzene rings is 1. The van der Waals surface area contributed by atoms with Gasteiger partial charge in [0.05, 0.1) is 15.5 Å². The molecule has 10 heteroatoms. The Morgan fingerprint density at radius 1 is 1.13 bits per heavy atom. The van der Waals surface area contributed by atoms with Crippen molar-refractivity contribution in [3.63, 3.8) is 0 Å². The van der Waals surface area contributed by atoms with E-state index in [0.29, 0.717) is 23.5 Å². The molecule has 4 rings (SSSR count). The van der Waals surface area contributed by atoms with Gasteiger partial charge in [0.1, 0.15) is 6.04 Å². The average molecular weight is 476 g/mol. The van der Waals surface area contributed by atoms with Crippen molar-refractivity contribution in [3.05, 3.63) is 52.7 Å². The molecule has 1 saturated heterocycles. The minimum atomic E-state index is -3.88. The first-order valence-corrected chi connectivity index (χ1v) is 13.0. The van der Waals surface area contributed by atoms with Crippen molar-refractivity contribution in [1.82, 2.24) is 9.29 Å². The Hall–Kier alpha value is -2.40. The maximum Gasteiger partial charge on any atom is 0.244 e. The quantitative estimate of drug-likeness (QED) is 0.538. The number of amides is 1. The molecule has 2 aromatic heterocycles. The third kappa shape index (κ3) is 4.62. The summed E-state index contributed by atoms with van der Waals surface area (Å²) in [6.45, 7) is 1.70. The lowest BCUT2D eigenvalue weighted by atomic mass is 10.0. The Bertz CT molecular complexity index is 1180. The van der Waals surface area contributed by atoms with Crippen LogP contribution in [-0.2, 0) is 14.8 Å². The molecular formula is C21H21N3O4S3. The monoisotopic (exact) mass is 475 g/mol. The Kier molecular flexibility index (Phi) is 6.33. The van der Waals surface area contributed by atoms with E-state index in [1.165, 1.54) is 46.8 Å². The van der Waals surface area contributed by atoms with E-state index in [9.17, 15) is 18.0 Å². The summed E-state index contributed by atoms with van der Waals surface area (Å²) < 4.78 is 27.8. The predicted octanol–water partition coefficient (Wildman–Crippen LogP) is 4.26. The van der Waals surface area contributed by atoms with Gasteiger partial charge in [0, 0.05) is 17.5 Å². The van der Waals surface area contributed by atoms with Crippen LogP contribution in [0.25, 0.3) is 10.6 Å².